The molecule has 0 amide bonds. The highest BCUT2D eigenvalue weighted by Gasteiger charge is 2.14. The summed E-state index contributed by atoms with van der Waals surface area (Å²) in [5.74, 6) is 0.857. The zero-order chi connectivity index (χ0) is 11.2. The molecule has 1 atom stereocenters. The van der Waals surface area contributed by atoms with Crippen LogP contribution in [0.5, 0.6) is 5.75 Å². The van der Waals surface area contributed by atoms with Crippen molar-refractivity contribution in [1.82, 2.24) is 0 Å². The Morgan fingerprint density at radius 3 is 2.75 bits per heavy atom. The minimum atomic E-state index is 0.0796. The van der Waals surface area contributed by atoms with Crippen LogP contribution in [-0.4, -0.2) is 24.4 Å². The lowest BCUT2D eigenvalue weighted by Gasteiger charge is -2.10. The number of hydrogen-bond donors (Lipinski definition) is 1. The van der Waals surface area contributed by atoms with Gasteiger partial charge in [-0.15, -0.1) is 0 Å². The molecular weight excluding hydrogens is 204 g/mol. The van der Waals surface area contributed by atoms with Crippen LogP contribution in [0.1, 0.15) is 24.8 Å². The topological polar surface area (TPSA) is 38.7 Å². The van der Waals surface area contributed by atoms with Gasteiger partial charge in [-0.05, 0) is 30.5 Å². The Bertz CT molecular complexity index is 301. The van der Waals surface area contributed by atoms with E-state index in [-0.39, 0.29) is 6.61 Å². The highest BCUT2D eigenvalue weighted by atomic mass is 16.5. The fourth-order valence-corrected chi connectivity index (χ4v) is 1.87. The van der Waals surface area contributed by atoms with Crippen molar-refractivity contribution in [3.63, 3.8) is 0 Å². The van der Waals surface area contributed by atoms with Gasteiger partial charge in [0.05, 0.1) is 19.3 Å². The van der Waals surface area contributed by atoms with Crippen LogP contribution in [0.4, 0.5) is 0 Å². The van der Waals surface area contributed by atoms with Crippen molar-refractivity contribution in [2.75, 3.05) is 13.2 Å². The monoisotopic (exact) mass is 222 g/mol. The number of ether oxygens (including phenoxy) is 2. The molecule has 3 nitrogen and oxygen atoms in total. The van der Waals surface area contributed by atoms with Crippen LogP contribution < -0.4 is 4.74 Å². The second kappa shape index (κ2) is 5.87. The largest absolute Gasteiger partial charge is 0.493 e. The number of aliphatic hydroxyl groups is 1. The first-order valence-electron chi connectivity index (χ1n) is 5.82. The third-order valence-corrected chi connectivity index (χ3v) is 2.84. The third-order valence-electron chi connectivity index (χ3n) is 2.84. The predicted molar refractivity (Wildman–Crippen MR) is 61.5 cm³/mol. The van der Waals surface area contributed by atoms with Crippen LogP contribution in [0.3, 0.4) is 0 Å². The van der Waals surface area contributed by atoms with E-state index in [1.54, 1.807) is 0 Å². The van der Waals surface area contributed by atoms with Gasteiger partial charge in [0.2, 0.25) is 0 Å². The number of hydrogen-bond acceptors (Lipinski definition) is 3. The van der Waals surface area contributed by atoms with Crippen LogP contribution in [0.2, 0.25) is 0 Å². The van der Waals surface area contributed by atoms with E-state index in [1.165, 1.54) is 6.42 Å². The summed E-state index contributed by atoms with van der Waals surface area (Å²) in [4.78, 5) is 0. The van der Waals surface area contributed by atoms with Crippen molar-refractivity contribution in [1.29, 1.82) is 0 Å². The summed E-state index contributed by atoms with van der Waals surface area (Å²) in [6.45, 7) is 1.68. The lowest BCUT2D eigenvalue weighted by Crippen LogP contribution is -2.10. The molecule has 0 spiro atoms. The summed E-state index contributed by atoms with van der Waals surface area (Å²) in [5, 5.41) is 8.89. The average Bonchev–Trinajstić information content (AvgIpc) is 2.83. The SMILES string of the molecule is OCc1ccc(OCCC2CCCO2)cc1. The highest BCUT2D eigenvalue weighted by molar-refractivity contribution is 5.26. The Hall–Kier alpha value is -1.06. The quantitative estimate of drug-likeness (QED) is 0.829. The average molecular weight is 222 g/mol. The number of rotatable bonds is 5. The van der Waals surface area contributed by atoms with Crippen LogP contribution >= 0.6 is 0 Å². The van der Waals surface area contributed by atoms with Gasteiger partial charge < -0.3 is 14.6 Å². The fourth-order valence-electron chi connectivity index (χ4n) is 1.87. The van der Waals surface area contributed by atoms with E-state index >= 15 is 0 Å². The van der Waals surface area contributed by atoms with E-state index in [1.807, 2.05) is 24.3 Å². The molecule has 1 saturated heterocycles. The molecular formula is C13H18O3. The van der Waals surface area contributed by atoms with Crippen molar-refractivity contribution in [3.05, 3.63) is 29.8 Å². The lowest BCUT2D eigenvalue weighted by molar-refractivity contribution is 0.0903. The van der Waals surface area contributed by atoms with Crippen LogP contribution in [0, 0.1) is 0 Å². The maximum Gasteiger partial charge on any atom is 0.119 e. The van der Waals surface area contributed by atoms with Crippen LogP contribution in [0.15, 0.2) is 24.3 Å². The molecule has 1 aliphatic heterocycles. The molecule has 0 aromatic heterocycles. The van der Waals surface area contributed by atoms with Crippen LogP contribution in [-0.2, 0) is 11.3 Å². The molecule has 16 heavy (non-hydrogen) atoms. The Morgan fingerprint density at radius 2 is 2.12 bits per heavy atom. The molecule has 1 fully saturated rings. The molecule has 88 valence electrons. The van der Waals surface area contributed by atoms with Crippen molar-refractivity contribution in [3.8, 4) is 5.75 Å². The van der Waals surface area contributed by atoms with E-state index in [4.69, 9.17) is 14.6 Å². The standard InChI is InChI=1S/C13H18O3/c14-10-11-3-5-13(6-4-11)16-9-7-12-2-1-8-15-12/h3-6,12,14H,1-2,7-10H2. The van der Waals surface area contributed by atoms with Gasteiger partial charge in [0.15, 0.2) is 0 Å². The van der Waals surface area contributed by atoms with Crippen LogP contribution in [0.25, 0.3) is 0 Å². The molecule has 0 saturated carbocycles. The van der Waals surface area contributed by atoms with Gasteiger partial charge in [0, 0.05) is 13.0 Å². The minimum Gasteiger partial charge on any atom is -0.493 e. The first kappa shape index (κ1) is 11.4. The van der Waals surface area contributed by atoms with Gasteiger partial charge >= 0.3 is 0 Å². The maximum atomic E-state index is 8.89. The highest BCUT2D eigenvalue weighted by Crippen LogP contribution is 2.17. The van der Waals surface area contributed by atoms with Crippen molar-refractivity contribution >= 4 is 0 Å². The zero-order valence-corrected chi connectivity index (χ0v) is 9.39. The van der Waals surface area contributed by atoms with E-state index < -0.39 is 0 Å². The molecule has 0 aliphatic carbocycles. The minimum absolute atomic E-state index is 0.0796. The molecule has 1 heterocycles. The van der Waals surface area contributed by atoms with Gasteiger partial charge in [-0.25, -0.2) is 0 Å². The summed E-state index contributed by atoms with van der Waals surface area (Å²) in [5.41, 5.74) is 0.909. The Kier molecular flexibility index (Phi) is 4.19. The molecule has 2 rings (SSSR count). The Balaban J connectivity index is 1.71. The summed E-state index contributed by atoms with van der Waals surface area (Å²) in [6.07, 6.45) is 3.68. The first-order chi connectivity index (χ1) is 7.88. The molecule has 0 bridgehead atoms. The third kappa shape index (κ3) is 3.22. The molecule has 1 aliphatic rings. The molecule has 1 unspecified atom stereocenters. The second-order valence-corrected chi connectivity index (χ2v) is 4.07. The van der Waals surface area contributed by atoms with E-state index in [0.29, 0.717) is 12.7 Å². The Labute approximate surface area is 96.0 Å². The number of benzene rings is 1. The maximum absolute atomic E-state index is 8.89. The van der Waals surface area contributed by atoms with Crippen molar-refractivity contribution < 1.29 is 14.6 Å². The second-order valence-electron chi connectivity index (χ2n) is 4.07. The summed E-state index contributed by atoms with van der Waals surface area (Å²) in [6, 6.07) is 7.53. The fraction of sp³-hybridized carbons (Fsp3) is 0.538. The summed E-state index contributed by atoms with van der Waals surface area (Å²) < 4.78 is 11.1. The molecule has 0 radical (unpaired) electrons. The summed E-state index contributed by atoms with van der Waals surface area (Å²) >= 11 is 0. The smallest absolute Gasteiger partial charge is 0.119 e. The first-order valence-corrected chi connectivity index (χ1v) is 5.82. The van der Waals surface area contributed by atoms with Crippen molar-refractivity contribution in [2.24, 2.45) is 0 Å². The van der Waals surface area contributed by atoms with E-state index in [9.17, 15) is 0 Å². The lowest BCUT2D eigenvalue weighted by atomic mass is 10.2. The predicted octanol–water partition coefficient (Wildman–Crippen LogP) is 2.13. The van der Waals surface area contributed by atoms with Gasteiger partial charge in [0.1, 0.15) is 5.75 Å². The molecule has 1 aromatic carbocycles. The zero-order valence-electron chi connectivity index (χ0n) is 9.39. The normalized spacial score (nSPS) is 19.9. The van der Waals surface area contributed by atoms with Gasteiger partial charge in [-0.2, -0.15) is 0 Å². The van der Waals surface area contributed by atoms with E-state index in [2.05, 4.69) is 0 Å². The van der Waals surface area contributed by atoms with Gasteiger partial charge in [-0.3, -0.25) is 0 Å². The molecule has 1 N–H and O–H groups in total. The van der Waals surface area contributed by atoms with Gasteiger partial charge in [-0.1, -0.05) is 12.1 Å². The molecule has 3 heteroatoms. The molecule has 1 aromatic rings. The van der Waals surface area contributed by atoms with E-state index in [0.717, 1.165) is 30.8 Å². The number of aliphatic hydroxyl groups excluding tert-OH is 1. The summed E-state index contributed by atoms with van der Waals surface area (Å²) in [7, 11) is 0. The van der Waals surface area contributed by atoms with Crippen molar-refractivity contribution in [2.45, 2.75) is 32.0 Å². The van der Waals surface area contributed by atoms with Gasteiger partial charge in [0.25, 0.3) is 0 Å². The Morgan fingerprint density at radius 1 is 1.31 bits per heavy atom.